The number of thiazole rings is 1. The normalized spacial score (nSPS) is 12.9. The lowest BCUT2D eigenvalue weighted by molar-refractivity contribution is -0.118. The van der Waals surface area contributed by atoms with Crippen molar-refractivity contribution in [1.82, 2.24) is 4.57 Å². The molecule has 32 heavy (non-hydrogen) atoms. The average Bonchev–Trinajstić information content (AvgIpc) is 3.04. The van der Waals surface area contributed by atoms with Crippen LogP contribution in [-0.4, -0.2) is 39.3 Å². The number of rotatable bonds is 8. The van der Waals surface area contributed by atoms with E-state index in [0.29, 0.717) is 16.0 Å². The summed E-state index contributed by atoms with van der Waals surface area (Å²) in [5.41, 5.74) is 1.72. The molecule has 3 aromatic rings. The van der Waals surface area contributed by atoms with Crippen molar-refractivity contribution in [1.29, 1.82) is 0 Å². The number of carbonyl (C=O) groups excluding carboxylic acids is 1. The van der Waals surface area contributed by atoms with E-state index in [0.717, 1.165) is 17.3 Å². The molecule has 0 radical (unpaired) electrons. The van der Waals surface area contributed by atoms with Gasteiger partial charge in [-0.15, -0.1) is 6.58 Å². The zero-order valence-electron chi connectivity index (χ0n) is 17.8. The maximum Gasteiger partial charge on any atom is 0.248 e. The number of benzene rings is 2. The molecule has 1 heterocycles. The standard InChI is InChI=1S/C22H24N2O5S3/c1-4-13-24-19-12-11-18(31(3,26)27)15-20(19)30-22(24)23-21(25)6-5-14-32(28,29)17-9-7-16(2)8-10-17/h4,7-12,15H,1,5-6,13-14H2,2-3H3. The van der Waals surface area contributed by atoms with Crippen molar-refractivity contribution >= 4 is 47.1 Å². The minimum Gasteiger partial charge on any atom is -0.313 e. The highest BCUT2D eigenvalue weighted by Crippen LogP contribution is 2.22. The quantitative estimate of drug-likeness (QED) is 0.449. The van der Waals surface area contributed by atoms with E-state index in [-0.39, 0.29) is 28.4 Å². The lowest BCUT2D eigenvalue weighted by Crippen LogP contribution is -2.16. The lowest BCUT2D eigenvalue weighted by Gasteiger charge is -2.04. The van der Waals surface area contributed by atoms with Crippen LogP contribution in [-0.2, 0) is 31.0 Å². The zero-order chi connectivity index (χ0) is 23.5. The van der Waals surface area contributed by atoms with Crippen molar-refractivity contribution in [3.05, 3.63) is 65.5 Å². The Hall–Kier alpha value is -2.56. The van der Waals surface area contributed by atoms with Gasteiger partial charge in [-0.2, -0.15) is 4.99 Å². The monoisotopic (exact) mass is 492 g/mol. The molecular weight excluding hydrogens is 468 g/mol. The molecule has 7 nitrogen and oxygen atoms in total. The van der Waals surface area contributed by atoms with Crippen LogP contribution in [0.2, 0.25) is 0 Å². The molecule has 0 aliphatic rings. The Labute approximate surface area is 191 Å². The molecule has 0 saturated carbocycles. The van der Waals surface area contributed by atoms with E-state index in [1.807, 2.05) is 6.92 Å². The second kappa shape index (κ2) is 9.51. The Morgan fingerprint density at radius 1 is 1.09 bits per heavy atom. The molecule has 3 rings (SSSR count). The van der Waals surface area contributed by atoms with Gasteiger partial charge < -0.3 is 4.57 Å². The van der Waals surface area contributed by atoms with Gasteiger partial charge in [0.05, 0.1) is 25.8 Å². The van der Waals surface area contributed by atoms with Crippen molar-refractivity contribution < 1.29 is 21.6 Å². The fourth-order valence-electron chi connectivity index (χ4n) is 3.11. The van der Waals surface area contributed by atoms with Gasteiger partial charge in [0.1, 0.15) is 0 Å². The van der Waals surface area contributed by atoms with Gasteiger partial charge in [0.2, 0.25) is 5.91 Å². The number of allylic oxidation sites excluding steroid dienone is 1. The predicted molar refractivity (Wildman–Crippen MR) is 126 cm³/mol. The molecule has 0 aliphatic heterocycles. The Balaban J connectivity index is 1.81. The third kappa shape index (κ3) is 5.62. The minimum absolute atomic E-state index is 0.0119. The number of sulfone groups is 2. The summed E-state index contributed by atoms with van der Waals surface area (Å²) in [4.78, 5) is 17.5. The first-order chi connectivity index (χ1) is 15.0. The van der Waals surface area contributed by atoms with Crippen LogP contribution >= 0.6 is 11.3 Å². The van der Waals surface area contributed by atoms with Gasteiger partial charge in [0.15, 0.2) is 24.5 Å². The van der Waals surface area contributed by atoms with Crippen LogP contribution in [0.4, 0.5) is 0 Å². The van der Waals surface area contributed by atoms with Crippen molar-refractivity contribution in [2.45, 2.75) is 36.1 Å². The maximum absolute atomic E-state index is 12.4. The highest BCUT2D eigenvalue weighted by molar-refractivity contribution is 7.91. The molecule has 0 aliphatic carbocycles. The number of hydrogen-bond donors (Lipinski definition) is 0. The number of hydrogen-bond acceptors (Lipinski definition) is 6. The molecule has 0 N–H and O–H groups in total. The van der Waals surface area contributed by atoms with Gasteiger partial charge in [-0.3, -0.25) is 4.79 Å². The van der Waals surface area contributed by atoms with E-state index in [4.69, 9.17) is 0 Å². The van der Waals surface area contributed by atoms with Gasteiger partial charge in [0.25, 0.3) is 0 Å². The zero-order valence-corrected chi connectivity index (χ0v) is 20.3. The molecule has 2 aromatic carbocycles. The molecule has 1 aromatic heterocycles. The summed E-state index contributed by atoms with van der Waals surface area (Å²) in [6.45, 7) is 6.00. The van der Waals surface area contributed by atoms with Crippen LogP contribution in [0.1, 0.15) is 18.4 Å². The van der Waals surface area contributed by atoms with Gasteiger partial charge in [-0.1, -0.05) is 35.1 Å². The number of nitrogens with zero attached hydrogens (tertiary/aromatic N) is 2. The third-order valence-corrected chi connectivity index (χ3v) is 8.77. The molecule has 170 valence electrons. The SMILES string of the molecule is C=CCn1c(=NC(=O)CCCS(=O)(=O)c2ccc(C)cc2)sc2cc(S(C)(=O)=O)ccc21. The fourth-order valence-corrected chi connectivity index (χ4v) is 6.24. The summed E-state index contributed by atoms with van der Waals surface area (Å²) in [5.74, 6) is -0.578. The van der Waals surface area contributed by atoms with Crippen LogP contribution in [0.3, 0.4) is 0 Å². The number of fused-ring (bicyclic) bond motifs is 1. The average molecular weight is 493 g/mol. The van der Waals surface area contributed by atoms with Crippen molar-refractivity contribution in [3.63, 3.8) is 0 Å². The molecule has 0 unspecified atom stereocenters. The summed E-state index contributed by atoms with van der Waals surface area (Å²) in [7, 11) is -6.83. The topological polar surface area (TPSA) is 103 Å². The van der Waals surface area contributed by atoms with E-state index < -0.39 is 25.6 Å². The Kier molecular flexibility index (Phi) is 7.16. The maximum atomic E-state index is 12.4. The third-order valence-electron chi connectivity index (χ3n) is 4.80. The number of carbonyl (C=O) groups is 1. The summed E-state index contributed by atoms with van der Waals surface area (Å²) < 4.78 is 51.0. The molecule has 10 heteroatoms. The fraction of sp³-hybridized carbons (Fsp3) is 0.273. The predicted octanol–water partition coefficient (Wildman–Crippen LogP) is 3.28. The van der Waals surface area contributed by atoms with Crippen molar-refractivity contribution in [2.75, 3.05) is 12.0 Å². The van der Waals surface area contributed by atoms with Gasteiger partial charge in [0, 0.05) is 19.2 Å². The number of amides is 1. The first kappa shape index (κ1) is 24.1. The van der Waals surface area contributed by atoms with Crippen LogP contribution < -0.4 is 4.80 Å². The summed E-state index contributed by atoms with van der Waals surface area (Å²) in [6, 6.07) is 11.4. The molecule has 0 spiro atoms. The molecule has 0 saturated heterocycles. The van der Waals surface area contributed by atoms with Gasteiger partial charge in [-0.05, 0) is 43.7 Å². The van der Waals surface area contributed by atoms with Crippen molar-refractivity contribution in [3.8, 4) is 0 Å². The number of aryl methyl sites for hydroxylation is 1. The Bertz CT molecular complexity index is 1450. The summed E-state index contributed by atoms with van der Waals surface area (Å²) in [5, 5.41) is 0. The van der Waals surface area contributed by atoms with E-state index in [1.54, 1.807) is 47.0 Å². The highest BCUT2D eigenvalue weighted by atomic mass is 32.2. The highest BCUT2D eigenvalue weighted by Gasteiger charge is 2.16. The van der Waals surface area contributed by atoms with E-state index in [2.05, 4.69) is 11.6 Å². The van der Waals surface area contributed by atoms with Gasteiger partial charge in [-0.25, -0.2) is 16.8 Å². The smallest absolute Gasteiger partial charge is 0.248 e. The summed E-state index contributed by atoms with van der Waals surface area (Å²) >= 11 is 1.20. The van der Waals surface area contributed by atoms with Crippen LogP contribution in [0.25, 0.3) is 10.2 Å². The molecule has 0 fully saturated rings. The Morgan fingerprint density at radius 2 is 1.75 bits per heavy atom. The van der Waals surface area contributed by atoms with Gasteiger partial charge >= 0.3 is 0 Å². The van der Waals surface area contributed by atoms with Crippen LogP contribution in [0.5, 0.6) is 0 Å². The number of aromatic nitrogens is 1. The lowest BCUT2D eigenvalue weighted by atomic mass is 10.2. The molecule has 0 atom stereocenters. The summed E-state index contributed by atoms with van der Waals surface area (Å²) in [6.07, 6.45) is 2.94. The van der Waals surface area contributed by atoms with Crippen molar-refractivity contribution in [2.24, 2.45) is 4.99 Å². The second-order valence-electron chi connectivity index (χ2n) is 7.43. The molecule has 0 bridgehead atoms. The first-order valence-corrected chi connectivity index (χ1v) is 14.2. The van der Waals surface area contributed by atoms with Crippen LogP contribution in [0, 0.1) is 6.92 Å². The van der Waals surface area contributed by atoms with E-state index in [9.17, 15) is 21.6 Å². The minimum atomic E-state index is -3.47. The molecule has 1 amide bonds. The Morgan fingerprint density at radius 3 is 2.38 bits per heavy atom. The van der Waals surface area contributed by atoms with Crippen LogP contribution in [0.15, 0.2) is 69.9 Å². The second-order valence-corrected chi connectivity index (χ2v) is 12.6. The molecular formula is C22H24N2O5S3. The van der Waals surface area contributed by atoms with E-state index in [1.165, 1.54) is 17.4 Å². The first-order valence-electron chi connectivity index (χ1n) is 9.82. The largest absolute Gasteiger partial charge is 0.313 e. The van der Waals surface area contributed by atoms with E-state index >= 15 is 0 Å².